The molecule has 0 saturated heterocycles. The highest BCUT2D eigenvalue weighted by Crippen LogP contribution is 2.28. The van der Waals surface area contributed by atoms with E-state index in [0.29, 0.717) is 22.5 Å². The largest absolute Gasteiger partial charge is 0.463 e. The third-order valence-corrected chi connectivity index (χ3v) is 6.01. The van der Waals surface area contributed by atoms with Crippen molar-refractivity contribution in [1.82, 2.24) is 20.4 Å². The Labute approximate surface area is 222 Å². The van der Waals surface area contributed by atoms with E-state index < -0.39 is 29.8 Å². The Morgan fingerprint density at radius 3 is 2.53 bits per heavy atom. The molecule has 0 bridgehead atoms. The summed E-state index contributed by atoms with van der Waals surface area (Å²) in [6, 6.07) is 13.2. The first-order valence-electron chi connectivity index (χ1n) is 11.7. The van der Waals surface area contributed by atoms with Crippen molar-refractivity contribution in [1.29, 1.82) is 0 Å². The fourth-order valence-electron chi connectivity index (χ4n) is 3.87. The number of hydrogen-bond acceptors (Lipinski definition) is 6. The highest BCUT2D eigenvalue weighted by Gasteiger charge is 2.34. The first-order chi connectivity index (χ1) is 18.3. The summed E-state index contributed by atoms with van der Waals surface area (Å²) >= 11 is 6.45. The molecule has 196 valence electrons. The topological polar surface area (TPSA) is 112 Å². The highest BCUT2D eigenvalue weighted by atomic mass is 35.5. The molecule has 0 unspecified atom stereocenters. The molecule has 4 rings (SSSR count). The second kappa shape index (κ2) is 11.7. The lowest BCUT2D eigenvalue weighted by Crippen LogP contribution is -2.47. The van der Waals surface area contributed by atoms with E-state index >= 15 is 0 Å². The van der Waals surface area contributed by atoms with Crippen molar-refractivity contribution >= 4 is 35.6 Å². The van der Waals surface area contributed by atoms with Crippen molar-refractivity contribution in [2.24, 2.45) is 0 Å². The van der Waals surface area contributed by atoms with Gasteiger partial charge in [0.15, 0.2) is 0 Å². The molecule has 0 radical (unpaired) electrons. The number of benzene rings is 2. The molecule has 2 aromatic carbocycles. The molecule has 11 heteroatoms. The Kier molecular flexibility index (Phi) is 8.22. The lowest BCUT2D eigenvalue weighted by Gasteiger charge is -2.29. The van der Waals surface area contributed by atoms with Crippen LogP contribution in [0, 0.1) is 12.7 Å². The fourth-order valence-corrected chi connectivity index (χ4v) is 4.21. The minimum atomic E-state index is -0.785. The second-order valence-corrected chi connectivity index (χ2v) is 8.53. The van der Waals surface area contributed by atoms with Crippen molar-refractivity contribution in [3.8, 4) is 5.69 Å². The molecule has 1 aliphatic rings. The number of rotatable bonds is 8. The smallest absolute Gasteiger partial charge is 0.338 e. The minimum Gasteiger partial charge on any atom is -0.463 e. The zero-order valence-corrected chi connectivity index (χ0v) is 21.3. The van der Waals surface area contributed by atoms with E-state index in [-0.39, 0.29) is 29.6 Å². The van der Waals surface area contributed by atoms with E-state index in [1.165, 1.54) is 35.0 Å². The summed E-state index contributed by atoms with van der Waals surface area (Å²) in [5, 5.41) is 9.82. The van der Waals surface area contributed by atoms with Gasteiger partial charge in [-0.25, -0.2) is 23.5 Å². The van der Waals surface area contributed by atoms with E-state index in [1.54, 1.807) is 38.1 Å². The predicted molar refractivity (Wildman–Crippen MR) is 138 cm³/mol. The van der Waals surface area contributed by atoms with Gasteiger partial charge < -0.3 is 20.1 Å². The number of hydrogen-bond donors (Lipinski definition) is 2. The molecule has 0 aliphatic carbocycles. The van der Waals surface area contributed by atoms with Gasteiger partial charge in [0.2, 0.25) is 0 Å². The zero-order valence-electron chi connectivity index (χ0n) is 20.5. The molecule has 2 heterocycles. The van der Waals surface area contributed by atoms with E-state index in [1.807, 2.05) is 6.07 Å². The molecule has 9 nitrogen and oxygen atoms in total. The molecule has 1 aliphatic heterocycles. The Morgan fingerprint density at radius 1 is 1.13 bits per heavy atom. The SMILES string of the molecule is CCOC(=O)C1=C(COC(=O)/C=C/c2c(C)nn(-c3ccc(F)cc3)c2Cl)NC(=O)N[C@@H]1c1ccccc1. The Balaban J connectivity index is 1.54. The molecular weight excluding hydrogens is 515 g/mol. The maximum Gasteiger partial charge on any atom is 0.338 e. The van der Waals surface area contributed by atoms with Crippen LogP contribution < -0.4 is 10.6 Å². The number of esters is 2. The molecule has 0 fully saturated rings. The third-order valence-electron chi connectivity index (χ3n) is 5.65. The molecule has 0 saturated carbocycles. The van der Waals surface area contributed by atoms with Gasteiger partial charge in [-0.15, -0.1) is 0 Å². The van der Waals surface area contributed by atoms with Crippen molar-refractivity contribution in [2.45, 2.75) is 19.9 Å². The van der Waals surface area contributed by atoms with Crippen LogP contribution >= 0.6 is 11.6 Å². The van der Waals surface area contributed by atoms with Gasteiger partial charge in [-0.05, 0) is 49.8 Å². The molecule has 1 aromatic heterocycles. The van der Waals surface area contributed by atoms with Crippen LogP contribution in [-0.2, 0) is 19.1 Å². The first-order valence-corrected chi connectivity index (χ1v) is 12.0. The van der Waals surface area contributed by atoms with Crippen LogP contribution in [0.25, 0.3) is 11.8 Å². The lowest BCUT2D eigenvalue weighted by atomic mass is 9.95. The summed E-state index contributed by atoms with van der Waals surface area (Å²) in [5.74, 6) is -1.78. The highest BCUT2D eigenvalue weighted by molar-refractivity contribution is 6.31. The van der Waals surface area contributed by atoms with Gasteiger partial charge in [-0.2, -0.15) is 5.10 Å². The maximum atomic E-state index is 13.3. The number of carbonyl (C=O) groups is 3. The van der Waals surface area contributed by atoms with Gasteiger partial charge >= 0.3 is 18.0 Å². The first kappa shape index (κ1) is 26.6. The molecule has 0 spiro atoms. The average molecular weight is 539 g/mol. The average Bonchev–Trinajstić information content (AvgIpc) is 3.19. The number of nitrogens with one attached hydrogen (secondary N) is 2. The van der Waals surface area contributed by atoms with E-state index in [9.17, 15) is 18.8 Å². The number of ether oxygens (including phenoxy) is 2. The van der Waals surface area contributed by atoms with Gasteiger partial charge in [-0.3, -0.25) is 0 Å². The van der Waals surface area contributed by atoms with Crippen molar-refractivity contribution in [3.63, 3.8) is 0 Å². The number of urea groups is 1. The van der Waals surface area contributed by atoms with Crippen molar-refractivity contribution in [2.75, 3.05) is 13.2 Å². The molecule has 2 amide bonds. The second-order valence-electron chi connectivity index (χ2n) is 8.17. The monoisotopic (exact) mass is 538 g/mol. The predicted octanol–water partition coefficient (Wildman–Crippen LogP) is 4.40. The molecule has 3 aromatic rings. The summed E-state index contributed by atoms with van der Waals surface area (Å²) in [5.41, 5.74) is 2.47. The van der Waals surface area contributed by atoms with Gasteiger partial charge in [-0.1, -0.05) is 41.9 Å². The number of carbonyl (C=O) groups excluding carboxylic acids is 3. The third kappa shape index (κ3) is 5.92. The van der Waals surface area contributed by atoms with Crippen LogP contribution in [0.4, 0.5) is 9.18 Å². The minimum absolute atomic E-state index is 0.112. The molecule has 1 atom stereocenters. The van der Waals surface area contributed by atoms with Crippen molar-refractivity contribution < 1.29 is 28.2 Å². The van der Waals surface area contributed by atoms with E-state index in [2.05, 4.69) is 15.7 Å². The van der Waals surface area contributed by atoms with Crippen LogP contribution in [0.5, 0.6) is 0 Å². The van der Waals surface area contributed by atoms with Gasteiger partial charge in [0.05, 0.1) is 35.3 Å². The molecule has 38 heavy (non-hydrogen) atoms. The van der Waals surface area contributed by atoms with Crippen molar-refractivity contribution in [3.05, 3.63) is 99.7 Å². The summed E-state index contributed by atoms with van der Waals surface area (Å²) in [6.45, 7) is 3.12. The van der Waals surface area contributed by atoms with Gasteiger partial charge in [0, 0.05) is 11.6 Å². The van der Waals surface area contributed by atoms with Crippen LogP contribution in [0.3, 0.4) is 0 Å². The van der Waals surface area contributed by atoms with Crippen LogP contribution in [-0.4, -0.2) is 41.0 Å². The van der Waals surface area contributed by atoms with Crippen LogP contribution in [0.1, 0.15) is 29.8 Å². The molecule has 2 N–H and O–H groups in total. The normalized spacial score (nSPS) is 15.3. The summed E-state index contributed by atoms with van der Waals surface area (Å²) in [7, 11) is 0. The number of halogens is 2. The fraction of sp³-hybridized carbons (Fsp3) is 0.185. The summed E-state index contributed by atoms with van der Waals surface area (Å²) < 4.78 is 25.2. The Bertz CT molecular complexity index is 1420. The quantitative estimate of drug-likeness (QED) is 0.325. The van der Waals surface area contributed by atoms with E-state index in [4.69, 9.17) is 21.1 Å². The maximum absolute atomic E-state index is 13.3. The van der Waals surface area contributed by atoms with Gasteiger partial charge in [0.25, 0.3) is 0 Å². The number of aryl methyl sites for hydroxylation is 1. The molecular formula is C27H24ClFN4O5. The van der Waals surface area contributed by atoms with Crippen LogP contribution in [0.2, 0.25) is 5.15 Å². The summed E-state index contributed by atoms with van der Waals surface area (Å²) in [6.07, 6.45) is 2.61. The Hall–Kier alpha value is -4.44. The number of amides is 2. The van der Waals surface area contributed by atoms with Crippen LogP contribution in [0.15, 0.2) is 71.9 Å². The number of nitrogens with zero attached hydrogens (tertiary/aromatic N) is 2. The standard InChI is InChI=1S/C27H24ClFN4O5/c1-3-37-26(35)23-21(30-27(36)31-24(23)17-7-5-4-6-8-17)15-38-22(34)14-13-20-16(2)32-33(25(20)28)19-11-9-18(29)10-12-19/h4-14,24H,3,15H2,1-2H3,(H2,30,31,36)/b14-13+/t24-/m1/s1. The summed E-state index contributed by atoms with van der Waals surface area (Å²) in [4.78, 5) is 37.7. The zero-order chi connectivity index (χ0) is 27.2. The van der Waals surface area contributed by atoms with E-state index in [0.717, 1.165) is 6.08 Å². The van der Waals surface area contributed by atoms with Gasteiger partial charge in [0.1, 0.15) is 17.6 Å². The lowest BCUT2D eigenvalue weighted by molar-refractivity contribution is -0.140. The number of aromatic nitrogens is 2. The Morgan fingerprint density at radius 2 is 1.84 bits per heavy atom.